The molecule has 0 radical (unpaired) electrons. The molecule has 3 rings (SSSR count). The summed E-state index contributed by atoms with van der Waals surface area (Å²) in [5, 5.41) is 2.92. The molecule has 0 saturated carbocycles. The molecule has 1 aromatic rings. The lowest BCUT2D eigenvalue weighted by atomic mass is 9.97. The quantitative estimate of drug-likeness (QED) is 0.761. The maximum atomic E-state index is 12.2. The standard InChI is InChI=1S/C20H26N2O4/c1-15(23)22(12-17-7-8-18-19(11-17)26-14-25-18)13-20(24)21-10-9-16-5-3-2-4-6-16/h5,7-8,11H,2-4,6,9-10,12-14H2,1H3,(H,21,24). The fraction of sp³-hybridized carbons (Fsp3) is 0.500. The first kappa shape index (κ1) is 18.3. The van der Waals surface area contributed by atoms with Gasteiger partial charge in [-0.05, 0) is 49.8 Å². The zero-order valence-corrected chi connectivity index (χ0v) is 15.3. The SMILES string of the molecule is CC(=O)N(CC(=O)NCCC1=CCCCC1)Cc1ccc2c(c1)OCO2. The molecule has 0 bridgehead atoms. The normalized spacial score (nSPS) is 15.3. The minimum absolute atomic E-state index is 0.0584. The number of carbonyl (C=O) groups excluding carboxylic acids is 2. The summed E-state index contributed by atoms with van der Waals surface area (Å²) in [5.74, 6) is 1.12. The topological polar surface area (TPSA) is 67.9 Å². The number of benzene rings is 1. The largest absolute Gasteiger partial charge is 0.454 e. The third kappa shape index (κ3) is 5.00. The van der Waals surface area contributed by atoms with Crippen LogP contribution in [0.5, 0.6) is 11.5 Å². The van der Waals surface area contributed by atoms with E-state index >= 15 is 0 Å². The van der Waals surface area contributed by atoms with Gasteiger partial charge in [-0.15, -0.1) is 0 Å². The Labute approximate surface area is 154 Å². The molecule has 140 valence electrons. The lowest BCUT2D eigenvalue weighted by Gasteiger charge is -2.21. The number of hydrogen-bond donors (Lipinski definition) is 1. The van der Waals surface area contributed by atoms with Crippen LogP contribution in [-0.4, -0.2) is 36.6 Å². The van der Waals surface area contributed by atoms with Crippen LogP contribution in [0.2, 0.25) is 0 Å². The second-order valence-electron chi connectivity index (χ2n) is 6.77. The number of allylic oxidation sites excluding steroid dienone is 1. The molecule has 0 unspecified atom stereocenters. The summed E-state index contributed by atoms with van der Waals surface area (Å²) >= 11 is 0. The van der Waals surface area contributed by atoms with Gasteiger partial charge in [-0.1, -0.05) is 17.7 Å². The first-order valence-electron chi connectivity index (χ1n) is 9.20. The van der Waals surface area contributed by atoms with Gasteiger partial charge < -0.3 is 19.7 Å². The average molecular weight is 358 g/mol. The van der Waals surface area contributed by atoms with Crippen molar-refractivity contribution in [3.63, 3.8) is 0 Å². The highest BCUT2D eigenvalue weighted by atomic mass is 16.7. The molecule has 6 heteroatoms. The third-order valence-corrected chi connectivity index (χ3v) is 4.74. The summed E-state index contributed by atoms with van der Waals surface area (Å²) in [4.78, 5) is 25.7. The molecule has 1 aliphatic carbocycles. The van der Waals surface area contributed by atoms with Crippen LogP contribution in [0.4, 0.5) is 0 Å². The van der Waals surface area contributed by atoms with Gasteiger partial charge in [0.25, 0.3) is 0 Å². The van der Waals surface area contributed by atoms with Crippen molar-refractivity contribution in [1.82, 2.24) is 10.2 Å². The Morgan fingerprint density at radius 3 is 2.81 bits per heavy atom. The van der Waals surface area contributed by atoms with Crippen molar-refractivity contribution in [1.29, 1.82) is 0 Å². The van der Waals surface area contributed by atoms with E-state index in [1.165, 1.54) is 30.2 Å². The zero-order valence-electron chi connectivity index (χ0n) is 15.3. The Balaban J connectivity index is 1.49. The predicted octanol–water partition coefficient (Wildman–Crippen LogP) is 2.77. The van der Waals surface area contributed by atoms with E-state index in [0.717, 1.165) is 24.8 Å². The van der Waals surface area contributed by atoms with Crippen molar-refractivity contribution in [2.24, 2.45) is 0 Å². The average Bonchev–Trinajstić information content (AvgIpc) is 3.10. The number of fused-ring (bicyclic) bond motifs is 1. The molecule has 0 spiro atoms. The maximum absolute atomic E-state index is 12.2. The van der Waals surface area contributed by atoms with E-state index in [2.05, 4.69) is 11.4 Å². The Hall–Kier alpha value is -2.50. The van der Waals surface area contributed by atoms with Crippen molar-refractivity contribution >= 4 is 11.8 Å². The lowest BCUT2D eigenvalue weighted by molar-refractivity contribution is -0.134. The van der Waals surface area contributed by atoms with Gasteiger partial charge in [-0.3, -0.25) is 9.59 Å². The van der Waals surface area contributed by atoms with Crippen LogP contribution in [0.1, 0.15) is 44.6 Å². The fourth-order valence-corrected chi connectivity index (χ4v) is 3.26. The molecular weight excluding hydrogens is 332 g/mol. The second-order valence-corrected chi connectivity index (χ2v) is 6.77. The molecule has 26 heavy (non-hydrogen) atoms. The first-order valence-corrected chi connectivity index (χ1v) is 9.20. The van der Waals surface area contributed by atoms with Gasteiger partial charge >= 0.3 is 0 Å². The molecule has 0 atom stereocenters. The Bertz CT molecular complexity index is 699. The molecule has 0 saturated heterocycles. The molecule has 6 nitrogen and oxygen atoms in total. The Kier molecular flexibility index (Phi) is 6.15. The van der Waals surface area contributed by atoms with E-state index in [1.807, 2.05) is 18.2 Å². The molecule has 2 aliphatic rings. The molecule has 1 N–H and O–H groups in total. The van der Waals surface area contributed by atoms with Gasteiger partial charge in [0.1, 0.15) is 0 Å². The monoisotopic (exact) mass is 358 g/mol. The van der Waals surface area contributed by atoms with Crippen LogP contribution >= 0.6 is 0 Å². The Morgan fingerprint density at radius 1 is 1.19 bits per heavy atom. The first-order chi connectivity index (χ1) is 12.6. The molecule has 1 aromatic carbocycles. The highest BCUT2D eigenvalue weighted by molar-refractivity contribution is 5.83. The van der Waals surface area contributed by atoms with Gasteiger partial charge in [0.15, 0.2) is 11.5 Å². The Morgan fingerprint density at radius 2 is 2.04 bits per heavy atom. The number of nitrogens with zero attached hydrogens (tertiary/aromatic N) is 1. The molecule has 1 aliphatic heterocycles. The predicted molar refractivity (Wildman–Crippen MR) is 97.8 cm³/mol. The minimum Gasteiger partial charge on any atom is -0.454 e. The van der Waals surface area contributed by atoms with Gasteiger partial charge in [0.05, 0.1) is 6.54 Å². The molecular formula is C20H26N2O4. The van der Waals surface area contributed by atoms with E-state index < -0.39 is 0 Å². The van der Waals surface area contributed by atoms with Crippen LogP contribution in [-0.2, 0) is 16.1 Å². The van der Waals surface area contributed by atoms with Crippen molar-refractivity contribution in [2.75, 3.05) is 19.9 Å². The summed E-state index contributed by atoms with van der Waals surface area (Å²) in [6, 6.07) is 5.57. The van der Waals surface area contributed by atoms with Crippen LogP contribution < -0.4 is 14.8 Å². The number of carbonyl (C=O) groups is 2. The lowest BCUT2D eigenvalue weighted by Crippen LogP contribution is -2.39. The van der Waals surface area contributed by atoms with E-state index in [1.54, 1.807) is 0 Å². The van der Waals surface area contributed by atoms with Crippen molar-refractivity contribution in [2.45, 2.75) is 45.6 Å². The van der Waals surface area contributed by atoms with E-state index in [-0.39, 0.29) is 25.2 Å². The van der Waals surface area contributed by atoms with Crippen molar-refractivity contribution in [3.05, 3.63) is 35.4 Å². The van der Waals surface area contributed by atoms with E-state index in [9.17, 15) is 9.59 Å². The molecule has 0 fully saturated rings. The minimum atomic E-state index is -0.132. The molecule has 1 heterocycles. The zero-order chi connectivity index (χ0) is 18.4. The van der Waals surface area contributed by atoms with Crippen molar-refractivity contribution in [3.8, 4) is 11.5 Å². The molecule has 2 amide bonds. The van der Waals surface area contributed by atoms with Gasteiger partial charge in [-0.25, -0.2) is 0 Å². The molecule has 0 aromatic heterocycles. The number of hydrogen-bond acceptors (Lipinski definition) is 4. The summed E-state index contributed by atoms with van der Waals surface area (Å²) in [7, 11) is 0. The van der Waals surface area contributed by atoms with Crippen LogP contribution in [0, 0.1) is 0 Å². The van der Waals surface area contributed by atoms with Gasteiger partial charge in [0.2, 0.25) is 18.6 Å². The van der Waals surface area contributed by atoms with Gasteiger partial charge in [0, 0.05) is 20.0 Å². The summed E-state index contributed by atoms with van der Waals surface area (Å²) in [5.41, 5.74) is 2.34. The maximum Gasteiger partial charge on any atom is 0.239 e. The number of amides is 2. The third-order valence-electron chi connectivity index (χ3n) is 4.74. The number of rotatable bonds is 7. The van der Waals surface area contributed by atoms with Crippen LogP contribution in [0.25, 0.3) is 0 Å². The summed E-state index contributed by atoms with van der Waals surface area (Å²) in [6.07, 6.45) is 7.98. The summed E-state index contributed by atoms with van der Waals surface area (Å²) in [6.45, 7) is 2.74. The highest BCUT2D eigenvalue weighted by Crippen LogP contribution is 2.32. The number of nitrogens with one attached hydrogen (secondary N) is 1. The van der Waals surface area contributed by atoms with Crippen LogP contribution in [0.15, 0.2) is 29.8 Å². The van der Waals surface area contributed by atoms with Crippen LogP contribution in [0.3, 0.4) is 0 Å². The number of ether oxygens (including phenoxy) is 2. The summed E-state index contributed by atoms with van der Waals surface area (Å²) < 4.78 is 10.7. The highest BCUT2D eigenvalue weighted by Gasteiger charge is 2.17. The second kappa shape index (κ2) is 8.74. The van der Waals surface area contributed by atoms with E-state index in [4.69, 9.17) is 9.47 Å². The smallest absolute Gasteiger partial charge is 0.239 e. The van der Waals surface area contributed by atoms with Gasteiger partial charge in [-0.2, -0.15) is 0 Å². The van der Waals surface area contributed by atoms with E-state index in [0.29, 0.717) is 24.6 Å². The van der Waals surface area contributed by atoms with Crippen molar-refractivity contribution < 1.29 is 19.1 Å². The fourth-order valence-electron chi connectivity index (χ4n) is 3.26.